The Labute approximate surface area is 480 Å². The molecule has 0 aliphatic carbocycles. The van der Waals surface area contributed by atoms with Crippen LogP contribution in [0.15, 0.2) is 12.7 Å². The molecule has 6 N–H and O–H groups in total. The minimum Gasteiger partial charge on any atom is -0.481 e. The third kappa shape index (κ3) is 15.9. The molecular weight excluding hydrogens is 1100 g/mol. The van der Waals surface area contributed by atoms with Gasteiger partial charge in [-0.05, 0) is 98.8 Å². The molecule has 1 spiro atoms. The van der Waals surface area contributed by atoms with E-state index in [1.54, 1.807) is 46.1 Å². The lowest BCUT2D eigenvalue weighted by Crippen LogP contribution is -2.57. The molecule has 5 saturated heterocycles. The maximum absolute atomic E-state index is 13.1. The predicted molar refractivity (Wildman–Crippen MR) is 292 cm³/mol. The van der Waals surface area contributed by atoms with Crippen molar-refractivity contribution >= 4 is 42.9 Å². The number of carboxylic acid groups (broad SMARTS) is 1. The number of aliphatic hydroxyl groups excluding tert-OH is 2. The highest BCUT2D eigenvalue weighted by molar-refractivity contribution is 7.53. The number of carboxylic acids is 1. The molecular formula is C55H92N5O21P. The Hall–Kier alpha value is -3.89. The van der Waals surface area contributed by atoms with Gasteiger partial charge < -0.3 is 82.8 Å². The Kier molecular flexibility index (Phi) is 23.0. The monoisotopic (exact) mass is 1190 g/mol. The van der Waals surface area contributed by atoms with Crippen molar-refractivity contribution < 1.29 is 101 Å². The largest absolute Gasteiger partial charge is 0.510 e. The van der Waals surface area contributed by atoms with E-state index >= 15 is 0 Å². The number of methoxy groups -OCH3 is 1. The molecule has 0 radical (unpaired) electrons. The summed E-state index contributed by atoms with van der Waals surface area (Å²) in [6.07, 6.45) is 1.86. The first-order valence-corrected chi connectivity index (χ1v) is 30.4. The predicted octanol–water partition coefficient (Wildman–Crippen LogP) is 7.31. The Morgan fingerprint density at radius 2 is 1.55 bits per heavy atom. The first-order valence-electron chi connectivity index (χ1n) is 28.7. The highest BCUT2D eigenvalue weighted by Gasteiger charge is 2.62. The molecule has 5 fully saturated rings. The number of imidazole rings is 1. The smallest absolute Gasteiger partial charge is 0.481 e. The fourth-order valence-electron chi connectivity index (χ4n) is 12.4. The van der Waals surface area contributed by atoms with E-state index in [2.05, 4.69) is 42.6 Å². The Morgan fingerprint density at radius 3 is 2.13 bits per heavy atom. The Bertz CT molecular complexity index is 2440. The summed E-state index contributed by atoms with van der Waals surface area (Å²) in [5.41, 5.74) is 5.58. The van der Waals surface area contributed by atoms with Crippen LogP contribution in [-0.2, 0) is 77.1 Å². The maximum Gasteiger partial charge on any atom is 0.510 e. The zero-order chi connectivity index (χ0) is 60.7. The van der Waals surface area contributed by atoms with Crippen LogP contribution in [0.1, 0.15) is 141 Å². The Balaban J connectivity index is 0.000000276. The number of ether oxygens (including phenoxy) is 11. The molecule has 18 atom stereocenters. The number of nitrogens with zero attached hydrogens (tertiary/aromatic N) is 4. The number of aliphatic hydroxyl groups is 3. The number of fused-ring (bicyclic) bond motifs is 1. The first-order chi connectivity index (χ1) is 38.5. The number of aliphatic carboxylic acids is 1. The van der Waals surface area contributed by atoms with Crippen molar-refractivity contribution in [2.24, 2.45) is 35.5 Å². The number of carbonyl (C=O) groups is 3. The van der Waals surface area contributed by atoms with E-state index in [4.69, 9.17) is 66.9 Å². The van der Waals surface area contributed by atoms with Crippen LogP contribution in [0.25, 0.3) is 11.2 Å². The summed E-state index contributed by atoms with van der Waals surface area (Å²) in [5.74, 6) is -4.29. The second-order valence-electron chi connectivity index (χ2n) is 24.0. The topological polar surface area (TPSA) is 339 Å². The summed E-state index contributed by atoms with van der Waals surface area (Å²) in [6, 6.07) is 0. The number of hydrogen-bond acceptors (Lipinski definition) is 24. The van der Waals surface area contributed by atoms with Crippen molar-refractivity contribution in [2.45, 2.75) is 232 Å². The van der Waals surface area contributed by atoms with Crippen molar-refractivity contribution in [3.8, 4) is 0 Å². The first kappa shape index (κ1) is 67.2. The molecule has 5 aliphatic rings. The summed E-state index contributed by atoms with van der Waals surface area (Å²) in [6.45, 7) is 22.5. The quantitative estimate of drug-likeness (QED) is 0.0413. The number of aromatic nitrogens is 4. The molecule has 26 nitrogen and oxygen atoms in total. The average molecular weight is 1190 g/mol. The Morgan fingerprint density at radius 1 is 0.902 bits per heavy atom. The SMILES string of the molecule is CC(C)OC(=O)OCOP(=O)(CO[C@H](C)Cn1cnc2c(N)ncnc21)OCOC(=O)OC(C)C.CC[C@@]1([C@@H]2O[C@@H]([C@H]3O[C@@](O)(CO)[C@H](C)C[C@@H]3C)C[C@@H]2C)CC[C@H]([C@]2(C)CC[C@]3(C[C@H](O)[C@@H](C)[C@@H]([C@@H](C)[C@@H](OC)[C@H](C)C(=O)O)O3)O2)O1. The van der Waals surface area contributed by atoms with Crippen molar-refractivity contribution in [1.29, 1.82) is 0 Å². The minimum atomic E-state index is -4.06. The van der Waals surface area contributed by atoms with Gasteiger partial charge in [-0.3, -0.25) is 18.4 Å². The van der Waals surface area contributed by atoms with E-state index in [0.717, 1.165) is 32.1 Å². The summed E-state index contributed by atoms with van der Waals surface area (Å²) in [4.78, 5) is 47.1. The summed E-state index contributed by atoms with van der Waals surface area (Å²) in [5, 5.41) is 41.8. The van der Waals surface area contributed by atoms with Gasteiger partial charge in [0.15, 0.2) is 23.0 Å². The van der Waals surface area contributed by atoms with E-state index in [9.17, 15) is 39.4 Å². The van der Waals surface area contributed by atoms with Gasteiger partial charge >= 0.3 is 25.9 Å². The van der Waals surface area contributed by atoms with Crippen LogP contribution in [0, 0.1) is 35.5 Å². The number of carbonyl (C=O) groups excluding carboxylic acids is 2. The van der Waals surface area contributed by atoms with E-state index in [-0.39, 0.29) is 66.4 Å². The molecule has 0 unspecified atom stereocenters. The van der Waals surface area contributed by atoms with E-state index < -0.39 is 118 Å². The van der Waals surface area contributed by atoms with Crippen molar-refractivity contribution in [3.63, 3.8) is 0 Å². The van der Waals surface area contributed by atoms with Gasteiger partial charge in [-0.25, -0.2) is 24.5 Å². The third-order valence-electron chi connectivity index (χ3n) is 17.0. The van der Waals surface area contributed by atoms with Gasteiger partial charge in [-0.1, -0.05) is 41.5 Å². The maximum atomic E-state index is 13.1. The van der Waals surface area contributed by atoms with Gasteiger partial charge in [-0.15, -0.1) is 0 Å². The number of hydrogen-bond donors (Lipinski definition) is 5. The van der Waals surface area contributed by atoms with Crippen LogP contribution in [0.3, 0.4) is 0 Å². The third-order valence-corrected chi connectivity index (χ3v) is 18.4. The lowest BCUT2D eigenvalue weighted by molar-refractivity contribution is -0.336. The molecule has 2 aromatic rings. The average Bonchev–Trinajstić information content (AvgIpc) is 3.88. The molecule has 468 valence electrons. The van der Waals surface area contributed by atoms with Gasteiger partial charge in [0.2, 0.25) is 13.6 Å². The van der Waals surface area contributed by atoms with Crippen LogP contribution in [0.5, 0.6) is 0 Å². The minimum absolute atomic E-state index is 0.153. The fraction of sp³-hybridized carbons (Fsp3) is 0.855. The summed E-state index contributed by atoms with van der Waals surface area (Å²) < 4.78 is 89.1. The standard InChI is InChI=1S/C36H62O11.C19H30N5O10P/c1-10-34(31-20(3)16-26(43-31)28-19(2)15-21(4)36(41,18-37)46-28)12-11-27(44-34)33(8)13-14-35(47-33)17-25(38)22(5)30(45-35)23(6)29(42-9)24(7)32(39)40;1-12(2)33-18(25)28-9-31-35(27,32-10-29-19(26)34-13(3)4)11-30-14(5)6-24-8-23-15-16(20)21-7-22-17(15)24/h19-31,37-38,41H,10-18H2,1-9H3,(H,39,40);7-8,12-14H,6,9-11H2,1-5H3,(H2,20,21,22)/t19-,20-,21+,22+,23-,24-,25-,26+,27+,28-,29+,30-,31+,33-,34-,35+,36-;14-/m01/s1. The molecule has 0 saturated carbocycles. The van der Waals surface area contributed by atoms with E-state index in [1.807, 2.05) is 20.8 Å². The van der Waals surface area contributed by atoms with E-state index in [1.165, 1.54) is 19.8 Å². The second kappa shape index (κ2) is 28.1. The molecule has 7 heterocycles. The number of nitrogen functional groups attached to an aromatic ring is 1. The van der Waals surface area contributed by atoms with Crippen LogP contribution in [0.2, 0.25) is 0 Å². The van der Waals surface area contributed by atoms with Crippen molar-refractivity contribution in [2.75, 3.05) is 39.4 Å². The van der Waals surface area contributed by atoms with Crippen molar-refractivity contribution in [3.05, 3.63) is 12.7 Å². The fourth-order valence-corrected chi connectivity index (χ4v) is 13.5. The lowest BCUT2D eigenvalue weighted by atomic mass is 9.78. The highest BCUT2D eigenvalue weighted by Crippen LogP contribution is 2.55. The van der Waals surface area contributed by atoms with E-state index in [0.29, 0.717) is 30.4 Å². The van der Waals surface area contributed by atoms with Crippen LogP contribution in [0.4, 0.5) is 15.4 Å². The lowest BCUT2D eigenvalue weighted by Gasteiger charge is -2.49. The molecule has 0 amide bonds. The van der Waals surface area contributed by atoms with Gasteiger partial charge in [0.05, 0.1) is 97.6 Å². The zero-order valence-corrected chi connectivity index (χ0v) is 51.0. The van der Waals surface area contributed by atoms with Gasteiger partial charge in [0.1, 0.15) is 18.2 Å². The molecule has 0 bridgehead atoms. The van der Waals surface area contributed by atoms with Crippen LogP contribution in [-0.4, -0.2) is 176 Å². The molecule has 27 heteroatoms. The summed E-state index contributed by atoms with van der Waals surface area (Å²) >= 11 is 0. The highest BCUT2D eigenvalue weighted by atomic mass is 31.2. The number of anilines is 1. The molecule has 7 rings (SSSR count). The molecule has 0 aromatic carbocycles. The molecule has 82 heavy (non-hydrogen) atoms. The zero-order valence-electron chi connectivity index (χ0n) is 50.1. The molecule has 5 aliphatic heterocycles. The van der Waals surface area contributed by atoms with Crippen LogP contribution >= 0.6 is 7.60 Å². The number of nitrogens with two attached hydrogens (primary N) is 1. The normalized spacial score (nSPS) is 34.6. The van der Waals surface area contributed by atoms with Crippen molar-refractivity contribution in [1.82, 2.24) is 19.5 Å². The number of rotatable bonds is 23. The molecule has 2 aromatic heterocycles. The van der Waals surface area contributed by atoms with Gasteiger partial charge in [0.25, 0.3) is 0 Å². The van der Waals surface area contributed by atoms with Gasteiger partial charge in [-0.2, -0.15) is 0 Å². The second-order valence-corrected chi connectivity index (χ2v) is 26.0. The van der Waals surface area contributed by atoms with Gasteiger partial charge in [0, 0.05) is 37.7 Å². The summed E-state index contributed by atoms with van der Waals surface area (Å²) in [7, 11) is -2.53. The van der Waals surface area contributed by atoms with Crippen LogP contribution < -0.4 is 5.73 Å².